The number of nitrogens with one attached hydrogen (secondary N) is 1. The van der Waals surface area contributed by atoms with Crippen LogP contribution in [0.3, 0.4) is 0 Å². The Morgan fingerprint density at radius 2 is 1.58 bits per heavy atom. The Bertz CT molecular complexity index is 1550. The number of urea groups is 1. The first-order valence-corrected chi connectivity index (χ1v) is 13.2. The molecule has 1 aliphatic rings. The van der Waals surface area contributed by atoms with Gasteiger partial charge in [-0.1, -0.05) is 74.5 Å². The molecule has 0 aliphatic carbocycles. The molecule has 1 aliphatic heterocycles. The van der Waals surface area contributed by atoms with Gasteiger partial charge in [-0.15, -0.1) is 0 Å². The first kappa shape index (κ1) is 23.8. The highest BCUT2D eigenvalue weighted by Crippen LogP contribution is 2.39. The van der Waals surface area contributed by atoms with Crippen LogP contribution in [0, 0.1) is 0 Å². The van der Waals surface area contributed by atoms with Crippen LogP contribution < -0.4 is 5.32 Å². The van der Waals surface area contributed by atoms with Crippen molar-refractivity contribution in [3.05, 3.63) is 131 Å². The third-order valence-electron chi connectivity index (χ3n) is 7.29. The molecule has 0 saturated heterocycles. The van der Waals surface area contributed by atoms with Gasteiger partial charge in [0.1, 0.15) is 5.82 Å². The molecule has 3 heterocycles. The van der Waals surface area contributed by atoms with Crippen molar-refractivity contribution in [3.8, 4) is 11.5 Å². The van der Waals surface area contributed by atoms with E-state index in [9.17, 15) is 4.79 Å². The third-order valence-corrected chi connectivity index (χ3v) is 7.29. The van der Waals surface area contributed by atoms with Crippen LogP contribution in [0.4, 0.5) is 10.5 Å². The average molecular weight is 502 g/mol. The van der Waals surface area contributed by atoms with Crippen molar-refractivity contribution in [3.63, 3.8) is 0 Å². The minimum Gasteiger partial charge on any atom is -0.308 e. The maximum atomic E-state index is 14.1. The predicted molar refractivity (Wildman–Crippen MR) is 151 cm³/mol. The summed E-state index contributed by atoms with van der Waals surface area (Å²) in [6.45, 7) is 4.68. The highest BCUT2D eigenvalue weighted by molar-refractivity contribution is 5.90. The lowest BCUT2D eigenvalue weighted by molar-refractivity contribution is 0.194. The molecule has 2 aromatic heterocycles. The van der Waals surface area contributed by atoms with E-state index in [1.54, 1.807) is 0 Å². The van der Waals surface area contributed by atoms with Crippen molar-refractivity contribution in [2.75, 3.05) is 5.32 Å². The average Bonchev–Trinajstić information content (AvgIpc) is 3.55. The van der Waals surface area contributed by atoms with Gasteiger partial charge in [0.05, 0.1) is 29.7 Å². The van der Waals surface area contributed by atoms with E-state index in [1.807, 2.05) is 64.2 Å². The molecule has 1 unspecified atom stereocenters. The number of fused-ring (bicyclic) bond motifs is 3. The lowest BCUT2D eigenvalue weighted by atomic mass is 10.0. The van der Waals surface area contributed by atoms with Crippen LogP contribution in [0.2, 0.25) is 0 Å². The number of carbonyl (C=O) groups excluding carboxylic acids is 1. The molecule has 3 aromatic carbocycles. The zero-order chi connectivity index (χ0) is 26.1. The number of para-hydroxylation sites is 1. The number of aromatic nitrogens is 3. The number of hydrogen-bond donors (Lipinski definition) is 1. The van der Waals surface area contributed by atoms with Gasteiger partial charge in [0.15, 0.2) is 0 Å². The summed E-state index contributed by atoms with van der Waals surface area (Å²) in [6, 6.07) is 32.3. The summed E-state index contributed by atoms with van der Waals surface area (Å²) in [6.07, 6.45) is 3.81. The fourth-order valence-electron chi connectivity index (χ4n) is 5.35. The Morgan fingerprint density at radius 1 is 0.868 bits per heavy atom. The van der Waals surface area contributed by atoms with E-state index in [-0.39, 0.29) is 12.1 Å². The molecule has 1 atom stereocenters. The van der Waals surface area contributed by atoms with Crippen molar-refractivity contribution in [2.45, 2.75) is 39.3 Å². The molecule has 2 amide bonds. The van der Waals surface area contributed by atoms with Gasteiger partial charge < -0.3 is 14.8 Å². The minimum atomic E-state index is -0.276. The Balaban J connectivity index is 1.51. The second kappa shape index (κ2) is 10.1. The lowest BCUT2D eigenvalue weighted by Crippen LogP contribution is -2.38. The summed E-state index contributed by atoms with van der Waals surface area (Å²) in [5.41, 5.74) is 7.15. The summed E-state index contributed by atoms with van der Waals surface area (Å²) >= 11 is 0. The van der Waals surface area contributed by atoms with E-state index in [4.69, 9.17) is 5.10 Å². The van der Waals surface area contributed by atoms with Crippen LogP contribution in [0.1, 0.15) is 48.0 Å². The number of aryl methyl sites for hydroxylation is 2. The van der Waals surface area contributed by atoms with Gasteiger partial charge in [-0.05, 0) is 60.4 Å². The van der Waals surface area contributed by atoms with Crippen LogP contribution in [0.25, 0.3) is 11.5 Å². The third kappa shape index (κ3) is 4.18. The number of carbonyl (C=O) groups is 1. The van der Waals surface area contributed by atoms with Crippen LogP contribution in [-0.2, 0) is 19.4 Å². The van der Waals surface area contributed by atoms with Gasteiger partial charge in [-0.25, -0.2) is 9.48 Å². The molecule has 38 heavy (non-hydrogen) atoms. The Hall–Kier alpha value is -4.58. The maximum absolute atomic E-state index is 14.1. The van der Waals surface area contributed by atoms with Crippen molar-refractivity contribution < 1.29 is 4.79 Å². The van der Waals surface area contributed by atoms with Gasteiger partial charge in [0.2, 0.25) is 0 Å². The van der Waals surface area contributed by atoms with E-state index in [0.29, 0.717) is 6.54 Å². The monoisotopic (exact) mass is 501 g/mol. The molecule has 0 fully saturated rings. The van der Waals surface area contributed by atoms with Crippen molar-refractivity contribution >= 4 is 11.7 Å². The van der Waals surface area contributed by atoms with Gasteiger partial charge in [-0.3, -0.25) is 0 Å². The zero-order valence-corrected chi connectivity index (χ0v) is 21.7. The number of amides is 2. The molecule has 6 rings (SSSR count). The molecular weight excluding hydrogens is 470 g/mol. The van der Waals surface area contributed by atoms with Crippen LogP contribution in [-0.4, -0.2) is 25.3 Å². The maximum Gasteiger partial charge on any atom is 0.322 e. The van der Waals surface area contributed by atoms with Gasteiger partial charge >= 0.3 is 6.03 Å². The van der Waals surface area contributed by atoms with Gasteiger partial charge in [-0.2, -0.15) is 5.10 Å². The molecule has 0 bridgehead atoms. The van der Waals surface area contributed by atoms with E-state index in [1.165, 1.54) is 5.56 Å². The van der Waals surface area contributed by atoms with E-state index >= 15 is 0 Å². The molecule has 6 heteroatoms. The van der Waals surface area contributed by atoms with Gasteiger partial charge in [0, 0.05) is 17.4 Å². The standard InChI is InChI=1S/C32H31N5O/c1-3-23-17-19-25(20-18-23)33-32(38)36-22-27-28(4-2)34-37(26-14-9-6-10-15-26)31(27)35-21-11-16-29(35)30(36)24-12-7-5-8-13-24/h5-21,30H,3-4,22H2,1-2H3,(H,33,38). The number of anilines is 1. The summed E-state index contributed by atoms with van der Waals surface area (Å²) in [5.74, 6) is 0.983. The first-order valence-electron chi connectivity index (χ1n) is 13.2. The van der Waals surface area contributed by atoms with Crippen molar-refractivity contribution in [2.24, 2.45) is 0 Å². The smallest absolute Gasteiger partial charge is 0.308 e. The van der Waals surface area contributed by atoms with E-state index in [0.717, 1.165) is 52.5 Å². The largest absolute Gasteiger partial charge is 0.322 e. The van der Waals surface area contributed by atoms with Crippen LogP contribution in [0.5, 0.6) is 0 Å². The Labute approximate surface area is 223 Å². The quantitative estimate of drug-likeness (QED) is 0.284. The number of nitrogens with zero attached hydrogens (tertiary/aromatic N) is 4. The molecule has 190 valence electrons. The first-order chi connectivity index (χ1) is 18.7. The molecule has 6 nitrogen and oxygen atoms in total. The fraction of sp³-hybridized carbons (Fsp3) is 0.188. The molecule has 1 N–H and O–H groups in total. The SMILES string of the molecule is CCc1ccc(NC(=O)N2Cc3c(CC)nn(-c4ccccc4)c3-n3cccc3C2c2ccccc2)cc1. The summed E-state index contributed by atoms with van der Waals surface area (Å²) < 4.78 is 4.22. The van der Waals surface area contributed by atoms with E-state index in [2.05, 4.69) is 72.4 Å². The van der Waals surface area contributed by atoms with Crippen LogP contribution in [0.15, 0.2) is 103 Å². The topological polar surface area (TPSA) is 55.1 Å². The number of hydrogen-bond acceptors (Lipinski definition) is 2. The molecule has 5 aromatic rings. The van der Waals surface area contributed by atoms with Crippen molar-refractivity contribution in [1.29, 1.82) is 0 Å². The fourth-order valence-corrected chi connectivity index (χ4v) is 5.35. The lowest BCUT2D eigenvalue weighted by Gasteiger charge is -2.31. The van der Waals surface area contributed by atoms with Crippen LogP contribution >= 0.6 is 0 Å². The highest BCUT2D eigenvalue weighted by Gasteiger charge is 2.36. The minimum absolute atomic E-state index is 0.141. The Morgan fingerprint density at radius 3 is 2.26 bits per heavy atom. The molecular formula is C32H31N5O. The van der Waals surface area contributed by atoms with Gasteiger partial charge in [0.25, 0.3) is 0 Å². The predicted octanol–water partition coefficient (Wildman–Crippen LogP) is 6.92. The highest BCUT2D eigenvalue weighted by atomic mass is 16.2. The zero-order valence-electron chi connectivity index (χ0n) is 21.7. The molecule has 0 spiro atoms. The second-order valence-corrected chi connectivity index (χ2v) is 9.57. The van der Waals surface area contributed by atoms with Crippen molar-refractivity contribution in [1.82, 2.24) is 19.2 Å². The second-order valence-electron chi connectivity index (χ2n) is 9.57. The molecule has 0 saturated carbocycles. The molecule has 0 radical (unpaired) electrons. The number of rotatable bonds is 5. The normalized spacial score (nSPS) is 14.5. The van der Waals surface area contributed by atoms with E-state index < -0.39 is 0 Å². The summed E-state index contributed by atoms with van der Waals surface area (Å²) in [4.78, 5) is 16.0. The number of benzene rings is 3. The summed E-state index contributed by atoms with van der Waals surface area (Å²) in [7, 11) is 0. The Kier molecular flexibility index (Phi) is 6.30. The summed E-state index contributed by atoms with van der Waals surface area (Å²) in [5, 5.41) is 8.20.